The predicted octanol–water partition coefficient (Wildman–Crippen LogP) is 2.39. The summed E-state index contributed by atoms with van der Waals surface area (Å²) in [5, 5.41) is 12.5. The van der Waals surface area contributed by atoms with Crippen molar-refractivity contribution in [3.8, 4) is 11.4 Å². The lowest BCUT2D eigenvalue weighted by Gasteiger charge is -2.02. The number of benzene rings is 1. The summed E-state index contributed by atoms with van der Waals surface area (Å²) < 4.78 is 19.3. The minimum Gasteiger partial charge on any atom is -0.361 e. The molecule has 2 aromatic heterocycles. The Kier molecular flexibility index (Phi) is 3.61. The third-order valence-electron chi connectivity index (χ3n) is 2.79. The number of aromatic nitrogens is 4. The highest BCUT2D eigenvalue weighted by molar-refractivity contribution is 7.98. The summed E-state index contributed by atoms with van der Waals surface area (Å²) in [5.74, 6) is 7.48. The molecule has 0 saturated heterocycles. The van der Waals surface area contributed by atoms with E-state index in [1.165, 1.54) is 28.6 Å². The molecule has 3 aromatic rings. The molecule has 0 aliphatic heterocycles. The van der Waals surface area contributed by atoms with Crippen LogP contribution in [0.4, 0.5) is 4.39 Å². The van der Waals surface area contributed by atoms with E-state index in [0.717, 1.165) is 11.5 Å². The van der Waals surface area contributed by atoms with Crippen LogP contribution in [0.3, 0.4) is 0 Å². The zero-order chi connectivity index (χ0) is 14.8. The van der Waals surface area contributed by atoms with Crippen molar-refractivity contribution >= 4 is 11.8 Å². The van der Waals surface area contributed by atoms with Crippen LogP contribution in [-0.4, -0.2) is 20.0 Å². The van der Waals surface area contributed by atoms with Gasteiger partial charge in [0, 0.05) is 17.4 Å². The van der Waals surface area contributed by atoms with Crippen molar-refractivity contribution in [3.63, 3.8) is 0 Å². The smallest absolute Gasteiger partial charge is 0.210 e. The van der Waals surface area contributed by atoms with Crippen molar-refractivity contribution in [2.45, 2.75) is 17.8 Å². The van der Waals surface area contributed by atoms with Crippen LogP contribution in [0.15, 0.2) is 40.0 Å². The van der Waals surface area contributed by atoms with Crippen molar-refractivity contribution < 1.29 is 8.91 Å². The molecular formula is C13H12FN5OS. The van der Waals surface area contributed by atoms with Gasteiger partial charge in [-0.25, -0.2) is 9.07 Å². The maximum Gasteiger partial charge on any atom is 0.210 e. The first-order valence-electron chi connectivity index (χ1n) is 6.15. The Bertz CT molecular complexity index is 752. The highest BCUT2D eigenvalue weighted by atomic mass is 32.2. The molecule has 21 heavy (non-hydrogen) atoms. The van der Waals surface area contributed by atoms with Gasteiger partial charge < -0.3 is 10.4 Å². The maximum absolute atomic E-state index is 12.9. The van der Waals surface area contributed by atoms with Gasteiger partial charge in [0.15, 0.2) is 5.82 Å². The summed E-state index contributed by atoms with van der Waals surface area (Å²) in [6.07, 6.45) is 0. The number of nitrogen functional groups attached to an aromatic ring is 1. The second-order valence-electron chi connectivity index (χ2n) is 4.40. The van der Waals surface area contributed by atoms with Gasteiger partial charge in [0.05, 0.1) is 5.69 Å². The molecule has 108 valence electrons. The van der Waals surface area contributed by atoms with Crippen LogP contribution in [0.2, 0.25) is 0 Å². The van der Waals surface area contributed by atoms with Crippen molar-refractivity contribution in [2.75, 3.05) is 5.84 Å². The highest BCUT2D eigenvalue weighted by Gasteiger charge is 2.13. The minimum absolute atomic E-state index is 0.308. The van der Waals surface area contributed by atoms with E-state index in [4.69, 9.17) is 10.4 Å². The van der Waals surface area contributed by atoms with E-state index in [2.05, 4.69) is 15.4 Å². The first-order chi connectivity index (χ1) is 10.1. The number of hydrogen-bond donors (Lipinski definition) is 1. The topological polar surface area (TPSA) is 82.8 Å². The summed E-state index contributed by atoms with van der Waals surface area (Å²) in [7, 11) is 0. The quantitative estimate of drug-likeness (QED) is 0.588. The summed E-state index contributed by atoms with van der Waals surface area (Å²) in [4.78, 5) is 0. The van der Waals surface area contributed by atoms with E-state index < -0.39 is 0 Å². The van der Waals surface area contributed by atoms with E-state index >= 15 is 0 Å². The summed E-state index contributed by atoms with van der Waals surface area (Å²) in [6, 6.07) is 7.78. The number of nitrogens with zero attached hydrogens (tertiary/aromatic N) is 4. The Morgan fingerprint density at radius 2 is 2.05 bits per heavy atom. The van der Waals surface area contributed by atoms with E-state index in [0.29, 0.717) is 22.3 Å². The van der Waals surface area contributed by atoms with Gasteiger partial charge >= 0.3 is 0 Å². The monoisotopic (exact) mass is 305 g/mol. The first kappa shape index (κ1) is 13.6. The molecule has 0 spiro atoms. The zero-order valence-corrected chi connectivity index (χ0v) is 12.0. The SMILES string of the molecule is Cc1cc(CSc2nnc(-c3ccc(F)cc3)n2N)no1. The molecule has 0 unspecified atom stereocenters. The van der Waals surface area contributed by atoms with Gasteiger partial charge in [-0.3, -0.25) is 0 Å². The molecule has 3 rings (SSSR count). The van der Waals surface area contributed by atoms with E-state index in [1.54, 1.807) is 12.1 Å². The molecule has 0 saturated carbocycles. The molecule has 0 radical (unpaired) electrons. The normalized spacial score (nSPS) is 11.0. The molecular weight excluding hydrogens is 293 g/mol. The predicted molar refractivity (Wildman–Crippen MR) is 76.4 cm³/mol. The molecule has 0 aliphatic carbocycles. The van der Waals surface area contributed by atoms with Crippen molar-refractivity contribution in [3.05, 3.63) is 47.6 Å². The fraction of sp³-hybridized carbons (Fsp3) is 0.154. The van der Waals surface area contributed by atoms with Gasteiger partial charge in [-0.1, -0.05) is 16.9 Å². The van der Waals surface area contributed by atoms with Crippen LogP contribution in [-0.2, 0) is 5.75 Å². The second kappa shape index (κ2) is 5.57. The highest BCUT2D eigenvalue weighted by Crippen LogP contribution is 2.24. The fourth-order valence-electron chi connectivity index (χ4n) is 1.80. The molecule has 0 bridgehead atoms. The minimum atomic E-state index is -0.308. The molecule has 0 amide bonds. The van der Waals surface area contributed by atoms with E-state index in [9.17, 15) is 4.39 Å². The van der Waals surface area contributed by atoms with Crippen molar-refractivity contribution in [1.82, 2.24) is 20.0 Å². The lowest BCUT2D eigenvalue weighted by molar-refractivity contribution is 0.393. The third kappa shape index (κ3) is 2.89. The number of halogens is 1. The van der Waals surface area contributed by atoms with Crippen molar-refractivity contribution in [1.29, 1.82) is 0 Å². The first-order valence-corrected chi connectivity index (χ1v) is 7.13. The fourth-order valence-corrected chi connectivity index (χ4v) is 2.53. The van der Waals surface area contributed by atoms with E-state index in [-0.39, 0.29) is 5.82 Å². The number of aryl methyl sites for hydroxylation is 1. The van der Waals surface area contributed by atoms with Gasteiger partial charge in [0.1, 0.15) is 11.6 Å². The summed E-state index contributed by atoms with van der Waals surface area (Å²) >= 11 is 1.40. The van der Waals surface area contributed by atoms with Crippen LogP contribution in [0.1, 0.15) is 11.5 Å². The average Bonchev–Trinajstić information content (AvgIpc) is 3.04. The van der Waals surface area contributed by atoms with Crippen LogP contribution in [0.5, 0.6) is 0 Å². The van der Waals surface area contributed by atoms with E-state index in [1.807, 2.05) is 13.0 Å². The Hall–Kier alpha value is -2.35. The van der Waals surface area contributed by atoms with Gasteiger partial charge in [-0.15, -0.1) is 10.2 Å². The Balaban J connectivity index is 1.77. The number of rotatable bonds is 4. The van der Waals surface area contributed by atoms with Gasteiger partial charge in [0.25, 0.3) is 0 Å². The average molecular weight is 305 g/mol. The molecule has 6 nitrogen and oxygen atoms in total. The molecule has 1 aromatic carbocycles. The lowest BCUT2D eigenvalue weighted by Crippen LogP contribution is -2.11. The molecule has 2 heterocycles. The number of thioether (sulfide) groups is 1. The molecule has 0 aliphatic rings. The van der Waals surface area contributed by atoms with Crippen LogP contribution in [0.25, 0.3) is 11.4 Å². The second-order valence-corrected chi connectivity index (χ2v) is 5.34. The van der Waals surface area contributed by atoms with Gasteiger partial charge in [-0.2, -0.15) is 0 Å². The molecule has 0 atom stereocenters. The number of nitrogens with two attached hydrogens (primary N) is 1. The Morgan fingerprint density at radius 3 is 2.71 bits per heavy atom. The van der Waals surface area contributed by atoms with Gasteiger partial charge in [0.2, 0.25) is 5.16 Å². The zero-order valence-electron chi connectivity index (χ0n) is 11.2. The summed E-state index contributed by atoms with van der Waals surface area (Å²) in [6.45, 7) is 1.83. The standard InChI is InChI=1S/C13H12FN5OS/c1-8-6-11(18-20-8)7-21-13-17-16-12(19(13)15)9-2-4-10(14)5-3-9/h2-6H,7,15H2,1H3. The third-order valence-corrected chi connectivity index (χ3v) is 3.77. The van der Waals surface area contributed by atoms with Crippen LogP contribution >= 0.6 is 11.8 Å². The summed E-state index contributed by atoms with van der Waals surface area (Å²) in [5.41, 5.74) is 1.51. The molecule has 8 heteroatoms. The Morgan fingerprint density at radius 1 is 1.29 bits per heavy atom. The number of hydrogen-bond acceptors (Lipinski definition) is 6. The molecule has 2 N–H and O–H groups in total. The van der Waals surface area contributed by atoms with Crippen molar-refractivity contribution in [2.24, 2.45) is 0 Å². The maximum atomic E-state index is 12.9. The largest absolute Gasteiger partial charge is 0.361 e. The molecule has 0 fully saturated rings. The Labute approximate surface area is 124 Å². The van der Waals surface area contributed by atoms with Crippen LogP contribution < -0.4 is 5.84 Å². The lowest BCUT2D eigenvalue weighted by atomic mass is 10.2. The van der Waals surface area contributed by atoms with Gasteiger partial charge in [-0.05, 0) is 31.2 Å². The van der Waals surface area contributed by atoms with Crippen LogP contribution in [0, 0.1) is 12.7 Å².